The molecule has 1 aromatic carbocycles. The van der Waals surface area contributed by atoms with Crippen LogP contribution >= 0.6 is 11.6 Å². The summed E-state index contributed by atoms with van der Waals surface area (Å²) in [6, 6.07) is 7.85. The Kier molecular flexibility index (Phi) is 4.59. The Balaban J connectivity index is 1.64. The average molecular weight is 323 g/mol. The molecule has 0 bridgehead atoms. The molecule has 1 aliphatic carbocycles. The second-order valence-electron chi connectivity index (χ2n) is 6.51. The first-order valence-corrected chi connectivity index (χ1v) is 8.44. The van der Waals surface area contributed by atoms with Gasteiger partial charge in [0.05, 0.1) is 6.10 Å². The summed E-state index contributed by atoms with van der Waals surface area (Å²) in [5, 5.41) is 13.5. The highest BCUT2D eigenvalue weighted by Crippen LogP contribution is 2.45. The quantitative estimate of drug-likeness (QED) is 0.899. The molecule has 2 N–H and O–H groups in total. The molecular weight excluding hydrogens is 300 g/mol. The number of piperidine rings is 1. The number of likely N-dealkylation sites (tertiary alicyclic amines) is 1. The zero-order valence-corrected chi connectivity index (χ0v) is 13.5. The third-order valence-electron chi connectivity index (χ3n) is 5.02. The van der Waals surface area contributed by atoms with Crippen molar-refractivity contribution in [3.05, 3.63) is 34.9 Å². The van der Waals surface area contributed by atoms with E-state index in [1.807, 2.05) is 18.2 Å². The first-order chi connectivity index (χ1) is 10.6. The number of aliphatic hydroxyl groups is 1. The van der Waals surface area contributed by atoms with Crippen LogP contribution in [-0.2, 0) is 5.41 Å². The van der Waals surface area contributed by atoms with E-state index in [1.165, 1.54) is 6.42 Å². The van der Waals surface area contributed by atoms with Crippen LogP contribution in [0.3, 0.4) is 0 Å². The molecule has 0 radical (unpaired) electrons. The van der Waals surface area contributed by atoms with Crippen LogP contribution in [0.25, 0.3) is 0 Å². The molecule has 3 rings (SSSR count). The van der Waals surface area contributed by atoms with Gasteiger partial charge < -0.3 is 15.3 Å². The molecule has 1 aromatic rings. The highest BCUT2D eigenvalue weighted by Gasteiger charge is 2.40. The van der Waals surface area contributed by atoms with Crippen molar-refractivity contribution in [1.82, 2.24) is 10.2 Å². The molecule has 1 saturated carbocycles. The molecule has 4 nitrogen and oxygen atoms in total. The Morgan fingerprint density at radius 3 is 2.77 bits per heavy atom. The Morgan fingerprint density at radius 1 is 1.36 bits per heavy atom. The predicted molar refractivity (Wildman–Crippen MR) is 87.2 cm³/mol. The molecule has 0 aromatic heterocycles. The second-order valence-corrected chi connectivity index (χ2v) is 6.92. The normalized spacial score (nSPS) is 23.7. The van der Waals surface area contributed by atoms with E-state index in [4.69, 9.17) is 11.6 Å². The minimum Gasteiger partial charge on any atom is -0.391 e. The molecule has 2 aliphatic rings. The van der Waals surface area contributed by atoms with Crippen LogP contribution in [-0.4, -0.2) is 41.8 Å². The van der Waals surface area contributed by atoms with Gasteiger partial charge in [-0.1, -0.05) is 36.2 Å². The second kappa shape index (κ2) is 6.47. The van der Waals surface area contributed by atoms with Crippen molar-refractivity contribution in [3.8, 4) is 0 Å². The number of hydrogen-bond acceptors (Lipinski definition) is 2. The van der Waals surface area contributed by atoms with Gasteiger partial charge in [0.25, 0.3) is 0 Å². The smallest absolute Gasteiger partial charge is 0.317 e. The van der Waals surface area contributed by atoms with Crippen LogP contribution < -0.4 is 5.32 Å². The van der Waals surface area contributed by atoms with E-state index in [1.54, 1.807) is 4.90 Å². The summed E-state index contributed by atoms with van der Waals surface area (Å²) in [4.78, 5) is 14.0. The highest BCUT2D eigenvalue weighted by atomic mass is 35.5. The van der Waals surface area contributed by atoms with Gasteiger partial charge in [-0.15, -0.1) is 0 Å². The number of β-amino-alcohol motifs (C(OH)–C–C–N with tert-alkyl or cyclic N) is 1. The number of nitrogens with zero attached hydrogens (tertiary/aromatic N) is 1. The van der Waals surface area contributed by atoms with Crippen molar-refractivity contribution < 1.29 is 9.90 Å². The molecule has 120 valence electrons. The topological polar surface area (TPSA) is 52.6 Å². The molecular formula is C17H23ClN2O2. The molecule has 2 amide bonds. The maximum Gasteiger partial charge on any atom is 0.317 e. The number of aliphatic hydroxyl groups excluding tert-OH is 1. The SMILES string of the molecule is O=C(NCC1(c2ccccc2Cl)CCC1)N1CCCC(O)C1. The maximum absolute atomic E-state index is 12.3. The Hall–Kier alpha value is -1.26. The lowest BCUT2D eigenvalue weighted by atomic mass is 9.64. The Bertz CT molecular complexity index is 545. The first kappa shape index (κ1) is 15.6. The molecule has 0 spiro atoms. The van der Waals surface area contributed by atoms with Crippen LogP contribution in [0.4, 0.5) is 4.79 Å². The average Bonchev–Trinajstić information content (AvgIpc) is 2.47. The maximum atomic E-state index is 12.3. The number of halogens is 1. The lowest BCUT2D eigenvalue weighted by molar-refractivity contribution is 0.0829. The summed E-state index contributed by atoms with van der Waals surface area (Å²) < 4.78 is 0. The molecule has 22 heavy (non-hydrogen) atoms. The third-order valence-corrected chi connectivity index (χ3v) is 5.35. The van der Waals surface area contributed by atoms with Crippen LogP contribution in [0.5, 0.6) is 0 Å². The summed E-state index contributed by atoms with van der Waals surface area (Å²) in [6.07, 6.45) is 4.54. The number of carbonyl (C=O) groups is 1. The van der Waals surface area contributed by atoms with E-state index in [-0.39, 0.29) is 17.6 Å². The predicted octanol–water partition coefficient (Wildman–Crippen LogP) is 2.93. The van der Waals surface area contributed by atoms with Crippen LogP contribution in [0.2, 0.25) is 5.02 Å². The van der Waals surface area contributed by atoms with Crippen molar-refractivity contribution in [3.63, 3.8) is 0 Å². The lowest BCUT2D eigenvalue weighted by Crippen LogP contribution is -2.52. The van der Waals surface area contributed by atoms with Crippen molar-refractivity contribution in [2.75, 3.05) is 19.6 Å². The number of hydrogen-bond donors (Lipinski definition) is 2. The standard InChI is InChI=1S/C17H23ClN2O2/c18-15-7-2-1-6-14(15)17(8-4-9-17)12-19-16(22)20-10-3-5-13(21)11-20/h1-2,6-7,13,21H,3-5,8-12H2,(H,19,22). The van der Waals surface area contributed by atoms with Gasteiger partial charge in [-0.25, -0.2) is 4.79 Å². The fourth-order valence-corrected chi connectivity index (χ4v) is 3.87. The zero-order chi connectivity index (χ0) is 15.6. The van der Waals surface area contributed by atoms with Gasteiger partial charge in [-0.2, -0.15) is 0 Å². The minimum absolute atomic E-state index is 0.0254. The molecule has 1 unspecified atom stereocenters. The number of benzene rings is 1. The number of rotatable bonds is 3. The van der Waals surface area contributed by atoms with E-state index in [2.05, 4.69) is 11.4 Å². The van der Waals surface area contributed by atoms with Crippen molar-refractivity contribution >= 4 is 17.6 Å². The Morgan fingerprint density at radius 2 is 2.14 bits per heavy atom. The molecule has 1 heterocycles. The largest absolute Gasteiger partial charge is 0.391 e. The van der Waals surface area contributed by atoms with Crippen LogP contribution in [0, 0.1) is 0 Å². The summed E-state index contributed by atoms with van der Waals surface area (Å²) in [5.41, 5.74) is 1.12. The van der Waals surface area contributed by atoms with Crippen molar-refractivity contribution in [2.45, 2.75) is 43.6 Å². The fraction of sp³-hybridized carbons (Fsp3) is 0.588. The van der Waals surface area contributed by atoms with Gasteiger partial charge in [0.2, 0.25) is 0 Å². The van der Waals surface area contributed by atoms with Gasteiger partial charge in [-0.05, 0) is 37.3 Å². The minimum atomic E-state index is -0.388. The Labute approximate surface area is 136 Å². The van der Waals surface area contributed by atoms with Gasteiger partial charge in [0.1, 0.15) is 0 Å². The van der Waals surface area contributed by atoms with Gasteiger partial charge >= 0.3 is 6.03 Å². The van der Waals surface area contributed by atoms with E-state index >= 15 is 0 Å². The summed E-state index contributed by atoms with van der Waals surface area (Å²) in [6.45, 7) is 1.77. The molecule has 1 aliphatic heterocycles. The van der Waals surface area contributed by atoms with E-state index in [0.29, 0.717) is 13.1 Å². The van der Waals surface area contributed by atoms with E-state index < -0.39 is 0 Å². The van der Waals surface area contributed by atoms with E-state index in [0.717, 1.165) is 42.8 Å². The summed E-state index contributed by atoms with van der Waals surface area (Å²) in [5.74, 6) is 0. The fourth-order valence-electron chi connectivity index (χ4n) is 3.53. The van der Waals surface area contributed by atoms with Crippen molar-refractivity contribution in [1.29, 1.82) is 0 Å². The van der Waals surface area contributed by atoms with Gasteiger partial charge in [-0.3, -0.25) is 0 Å². The summed E-state index contributed by atoms with van der Waals surface area (Å²) in [7, 11) is 0. The molecule has 2 fully saturated rings. The van der Waals surface area contributed by atoms with Crippen molar-refractivity contribution in [2.24, 2.45) is 0 Å². The third kappa shape index (κ3) is 3.08. The summed E-state index contributed by atoms with van der Waals surface area (Å²) >= 11 is 6.35. The first-order valence-electron chi connectivity index (χ1n) is 8.07. The monoisotopic (exact) mass is 322 g/mol. The number of carbonyl (C=O) groups excluding carboxylic acids is 1. The van der Waals surface area contributed by atoms with Crippen LogP contribution in [0.15, 0.2) is 24.3 Å². The van der Waals surface area contributed by atoms with Crippen LogP contribution in [0.1, 0.15) is 37.7 Å². The molecule has 1 atom stereocenters. The molecule has 1 saturated heterocycles. The lowest BCUT2D eigenvalue weighted by Gasteiger charge is -2.43. The van der Waals surface area contributed by atoms with E-state index in [9.17, 15) is 9.90 Å². The number of urea groups is 1. The highest BCUT2D eigenvalue weighted by molar-refractivity contribution is 6.31. The molecule has 5 heteroatoms. The number of nitrogens with one attached hydrogen (secondary N) is 1. The van der Waals surface area contributed by atoms with Gasteiger partial charge in [0, 0.05) is 30.1 Å². The zero-order valence-electron chi connectivity index (χ0n) is 12.7. The van der Waals surface area contributed by atoms with Gasteiger partial charge in [0.15, 0.2) is 0 Å². The number of amides is 2.